The number of hydrogen-bond acceptors (Lipinski definition) is 6. The Morgan fingerprint density at radius 2 is 1.84 bits per heavy atom. The summed E-state index contributed by atoms with van der Waals surface area (Å²) in [7, 11) is -1.57. The summed E-state index contributed by atoms with van der Waals surface area (Å²) in [5, 5.41) is 8.70. The smallest absolute Gasteiger partial charge is 0.340 e. The van der Waals surface area contributed by atoms with Gasteiger partial charge < -0.3 is 24.0 Å². The summed E-state index contributed by atoms with van der Waals surface area (Å²) >= 11 is 11.4. The molecule has 184 valence electrons. The lowest BCUT2D eigenvalue weighted by molar-refractivity contribution is -0.137. The Bertz CT molecular complexity index is 710. The number of rotatable bonds is 19. The van der Waals surface area contributed by atoms with Crippen LogP contribution in [0.5, 0.6) is 5.75 Å². The topological polar surface area (TPSA) is 115 Å². The minimum atomic E-state index is -3.46. The zero-order chi connectivity index (χ0) is 23.8. The van der Waals surface area contributed by atoms with Gasteiger partial charge in [0.15, 0.2) is 0 Å². The van der Waals surface area contributed by atoms with Crippen LogP contribution in [0.1, 0.15) is 18.4 Å². The molecular weight excluding hydrogens is 480 g/mol. The van der Waals surface area contributed by atoms with Gasteiger partial charge >= 0.3 is 13.6 Å². The van der Waals surface area contributed by atoms with E-state index < -0.39 is 13.6 Å². The van der Waals surface area contributed by atoms with E-state index in [1.165, 1.54) is 4.67 Å². The lowest BCUT2D eigenvalue weighted by Crippen LogP contribution is -2.30. The summed E-state index contributed by atoms with van der Waals surface area (Å²) < 4.78 is 30.6. The molecule has 0 heterocycles. The molecule has 9 nitrogen and oxygen atoms in total. The standard InChI is InChI=1S/C20H34Cl2N3O6P/c1-24(10-6-20(26)27)9-3-13-30-19-5-2-4-18(16-19)17-29-14-15-31-32(23,28)25(11-7-21)12-8-22/h2,4-5,16H,3,6-15,17H2,1H3,(H2,23,28)(H,26,27). The molecule has 0 saturated carbocycles. The van der Waals surface area contributed by atoms with Crippen molar-refractivity contribution in [3.8, 4) is 5.75 Å². The van der Waals surface area contributed by atoms with Crippen molar-refractivity contribution in [3.05, 3.63) is 29.8 Å². The number of hydrogen-bond donors (Lipinski definition) is 2. The monoisotopic (exact) mass is 513 g/mol. The first-order chi connectivity index (χ1) is 15.3. The average molecular weight is 514 g/mol. The number of nitrogens with zero attached hydrogens (tertiary/aromatic N) is 2. The highest BCUT2D eigenvalue weighted by molar-refractivity contribution is 7.53. The van der Waals surface area contributed by atoms with Gasteiger partial charge in [-0.15, -0.1) is 23.2 Å². The van der Waals surface area contributed by atoms with Gasteiger partial charge in [-0.2, -0.15) is 0 Å². The Morgan fingerprint density at radius 1 is 1.12 bits per heavy atom. The van der Waals surface area contributed by atoms with E-state index in [1.54, 1.807) is 0 Å². The molecule has 1 rings (SSSR count). The van der Waals surface area contributed by atoms with Gasteiger partial charge in [-0.25, -0.2) is 10.2 Å². The van der Waals surface area contributed by atoms with Gasteiger partial charge in [-0.05, 0) is 31.2 Å². The number of benzene rings is 1. The minimum absolute atomic E-state index is 0.0838. The van der Waals surface area contributed by atoms with Crippen LogP contribution in [0.25, 0.3) is 0 Å². The number of halogens is 2. The molecule has 0 radical (unpaired) electrons. The third kappa shape index (κ3) is 13.0. The second kappa shape index (κ2) is 16.7. The minimum Gasteiger partial charge on any atom is -0.494 e. The van der Waals surface area contributed by atoms with Crippen molar-refractivity contribution in [3.63, 3.8) is 0 Å². The fourth-order valence-corrected chi connectivity index (χ4v) is 4.63. The molecule has 0 amide bonds. The molecule has 0 aliphatic carbocycles. The number of nitrogens with two attached hydrogens (primary N) is 1. The van der Waals surface area contributed by atoms with Gasteiger partial charge in [-0.1, -0.05) is 12.1 Å². The van der Waals surface area contributed by atoms with Gasteiger partial charge in [-0.3, -0.25) is 9.36 Å². The van der Waals surface area contributed by atoms with Crippen molar-refractivity contribution in [2.24, 2.45) is 5.50 Å². The Morgan fingerprint density at radius 3 is 2.50 bits per heavy atom. The van der Waals surface area contributed by atoms with Crippen LogP contribution in [0.15, 0.2) is 24.3 Å². The Kier molecular flexibility index (Phi) is 15.2. The van der Waals surface area contributed by atoms with Crippen molar-refractivity contribution >= 4 is 36.8 Å². The van der Waals surface area contributed by atoms with E-state index in [-0.39, 0.29) is 31.4 Å². The molecule has 1 unspecified atom stereocenters. The fraction of sp³-hybridized carbons (Fsp3) is 0.650. The summed E-state index contributed by atoms with van der Waals surface area (Å²) in [4.78, 5) is 12.6. The highest BCUT2D eigenvalue weighted by Crippen LogP contribution is 2.41. The van der Waals surface area contributed by atoms with Gasteiger partial charge in [0, 0.05) is 37.9 Å². The van der Waals surface area contributed by atoms with Crippen molar-refractivity contribution in [2.75, 3.05) is 64.8 Å². The van der Waals surface area contributed by atoms with Crippen LogP contribution in [0.4, 0.5) is 0 Å². The average Bonchev–Trinajstić information content (AvgIpc) is 2.75. The molecule has 12 heteroatoms. The van der Waals surface area contributed by atoms with E-state index in [1.807, 2.05) is 36.2 Å². The second-order valence-electron chi connectivity index (χ2n) is 7.08. The molecule has 0 aromatic heterocycles. The predicted molar refractivity (Wildman–Crippen MR) is 127 cm³/mol. The second-order valence-corrected chi connectivity index (χ2v) is 9.79. The molecule has 32 heavy (non-hydrogen) atoms. The Balaban J connectivity index is 2.29. The molecule has 0 aliphatic heterocycles. The van der Waals surface area contributed by atoms with Crippen LogP contribution in [-0.2, 0) is 25.2 Å². The first-order valence-electron chi connectivity index (χ1n) is 10.4. The maximum absolute atomic E-state index is 12.5. The third-order valence-electron chi connectivity index (χ3n) is 4.41. The van der Waals surface area contributed by atoms with Crippen LogP contribution in [0.3, 0.4) is 0 Å². The summed E-state index contributed by atoms with van der Waals surface area (Å²) in [5.74, 6) is 0.491. The molecule has 1 aromatic rings. The number of ether oxygens (including phenoxy) is 2. The van der Waals surface area contributed by atoms with Crippen molar-refractivity contribution in [1.82, 2.24) is 9.57 Å². The highest BCUT2D eigenvalue weighted by atomic mass is 35.5. The number of carboxylic acid groups (broad SMARTS) is 1. The van der Waals surface area contributed by atoms with Crippen LogP contribution >= 0.6 is 30.9 Å². The van der Waals surface area contributed by atoms with Crippen molar-refractivity contribution in [2.45, 2.75) is 19.4 Å². The lowest BCUT2D eigenvalue weighted by Gasteiger charge is -2.26. The maximum atomic E-state index is 12.5. The fourth-order valence-electron chi connectivity index (χ4n) is 2.73. The zero-order valence-electron chi connectivity index (χ0n) is 18.5. The summed E-state index contributed by atoms with van der Waals surface area (Å²) in [6, 6.07) is 7.57. The van der Waals surface area contributed by atoms with Crippen LogP contribution in [-0.4, -0.2) is 85.5 Å². The zero-order valence-corrected chi connectivity index (χ0v) is 20.9. The van der Waals surface area contributed by atoms with E-state index in [0.29, 0.717) is 32.8 Å². The molecule has 0 spiro atoms. The summed E-state index contributed by atoms with van der Waals surface area (Å²) in [5.41, 5.74) is 6.73. The van der Waals surface area contributed by atoms with E-state index in [0.717, 1.165) is 24.3 Å². The Hall–Kier alpha value is -0.900. The van der Waals surface area contributed by atoms with Crippen LogP contribution in [0.2, 0.25) is 0 Å². The van der Waals surface area contributed by atoms with Crippen molar-refractivity contribution < 1.29 is 28.5 Å². The number of carbonyl (C=O) groups is 1. The van der Waals surface area contributed by atoms with Gasteiger partial charge in [0.25, 0.3) is 0 Å². The van der Waals surface area contributed by atoms with Gasteiger partial charge in [0.05, 0.1) is 32.8 Å². The highest BCUT2D eigenvalue weighted by Gasteiger charge is 2.26. The predicted octanol–water partition coefficient (Wildman–Crippen LogP) is 3.24. The summed E-state index contributed by atoms with van der Waals surface area (Å²) in [6.45, 7) is 3.12. The van der Waals surface area contributed by atoms with Gasteiger partial charge in [0.1, 0.15) is 5.75 Å². The van der Waals surface area contributed by atoms with E-state index in [9.17, 15) is 9.36 Å². The van der Waals surface area contributed by atoms with E-state index in [2.05, 4.69) is 0 Å². The Labute approximate surface area is 200 Å². The molecule has 0 bridgehead atoms. The molecule has 0 saturated heterocycles. The van der Waals surface area contributed by atoms with Crippen molar-refractivity contribution in [1.29, 1.82) is 0 Å². The van der Waals surface area contributed by atoms with Crippen LogP contribution < -0.4 is 10.2 Å². The number of carboxylic acids is 1. The number of alkyl halides is 2. The lowest BCUT2D eigenvalue weighted by atomic mass is 10.2. The quantitative estimate of drug-likeness (QED) is 0.163. The van der Waals surface area contributed by atoms with E-state index in [4.69, 9.17) is 47.8 Å². The summed E-state index contributed by atoms with van der Waals surface area (Å²) in [6.07, 6.45) is 0.921. The maximum Gasteiger partial charge on any atom is 0.340 e. The number of aliphatic carboxylic acids is 1. The SMILES string of the molecule is CN(CCCOc1cccc(COCCOP(N)(=O)N(CCCl)CCCl)c1)CCC(=O)O. The van der Waals surface area contributed by atoms with E-state index >= 15 is 0 Å². The molecular formula is C20H34Cl2N3O6P. The molecule has 3 N–H and O–H groups in total. The first-order valence-corrected chi connectivity index (χ1v) is 13.1. The van der Waals surface area contributed by atoms with Crippen LogP contribution in [0, 0.1) is 0 Å². The van der Waals surface area contributed by atoms with Gasteiger partial charge in [0.2, 0.25) is 0 Å². The molecule has 1 aromatic carbocycles. The molecule has 0 fully saturated rings. The first kappa shape index (κ1) is 29.1. The normalized spacial score (nSPS) is 13.4. The largest absolute Gasteiger partial charge is 0.494 e. The third-order valence-corrected chi connectivity index (χ3v) is 6.49. The molecule has 1 atom stereocenters. The molecule has 0 aliphatic rings.